The minimum Gasteiger partial charge on any atom is -0.507 e. The van der Waals surface area contributed by atoms with Crippen molar-refractivity contribution in [3.63, 3.8) is 0 Å². The summed E-state index contributed by atoms with van der Waals surface area (Å²) in [5.74, 6) is -14.9. The van der Waals surface area contributed by atoms with E-state index < -0.39 is 148 Å². The van der Waals surface area contributed by atoms with E-state index in [1.165, 1.54) is 60.1 Å². The Kier molecular flexibility index (Phi) is 31.7. The van der Waals surface area contributed by atoms with Gasteiger partial charge in [0.25, 0.3) is 23.4 Å². The highest BCUT2D eigenvalue weighted by Crippen LogP contribution is 2.55. The number of phenols is 3. The van der Waals surface area contributed by atoms with E-state index in [4.69, 9.17) is 39.1 Å². The third-order valence-electron chi connectivity index (χ3n) is 22.6. The number of aromatic hydroxyl groups is 3. The summed E-state index contributed by atoms with van der Waals surface area (Å²) in [4.78, 5) is 115. The first-order valence-electron chi connectivity index (χ1n) is 37.7. The van der Waals surface area contributed by atoms with Crippen molar-refractivity contribution in [1.29, 1.82) is 0 Å². The smallest absolute Gasteiger partial charge is 0.312 e. The van der Waals surface area contributed by atoms with Crippen LogP contribution in [0.3, 0.4) is 0 Å². The second kappa shape index (κ2) is 38.4. The number of nitrogens with zero attached hydrogens (tertiary/aromatic N) is 3. The molecule has 0 saturated carbocycles. The molecule has 0 saturated heterocycles. The fourth-order valence-corrected chi connectivity index (χ4v) is 14.9. The Balaban J connectivity index is 0.000000371. The lowest BCUT2D eigenvalue weighted by Gasteiger charge is -2.37. The first-order valence-corrected chi connectivity index (χ1v) is 37.7. The highest BCUT2D eigenvalue weighted by Gasteiger charge is 2.53. The van der Waals surface area contributed by atoms with E-state index in [-0.39, 0.29) is 143 Å². The van der Waals surface area contributed by atoms with Crippen LogP contribution in [-0.4, -0.2) is 145 Å². The van der Waals surface area contributed by atoms with Gasteiger partial charge < -0.3 is 80.5 Å². The number of aromatic nitrogens is 3. The van der Waals surface area contributed by atoms with E-state index >= 15 is 0 Å². The summed E-state index contributed by atoms with van der Waals surface area (Å²) in [5, 5.41) is 85.3. The van der Waals surface area contributed by atoms with E-state index in [1.54, 1.807) is 115 Å². The lowest BCUT2D eigenvalue weighted by atomic mass is 9.77. The Labute approximate surface area is 685 Å². The molecule has 6 aromatic rings. The number of hydrogen-bond donors (Lipinski definition) is 10. The minimum atomic E-state index is -1.97. The molecule has 7 aliphatic rings. The summed E-state index contributed by atoms with van der Waals surface area (Å²) < 4.78 is 37.2. The molecule has 0 fully saturated rings. The molecule has 27 heteroatoms. The monoisotopic (exact) mass is 1620 g/mol. The van der Waals surface area contributed by atoms with Gasteiger partial charge in [-0.2, -0.15) is 0 Å². The Bertz CT molecular complexity index is 5030. The number of nitrogens with one attached hydrogen (secondary N) is 2. The van der Waals surface area contributed by atoms with Crippen molar-refractivity contribution < 1.29 is 103 Å². The second-order valence-electron chi connectivity index (χ2n) is 31.1. The predicted molar refractivity (Wildman–Crippen MR) is 449 cm³/mol. The molecule has 13 rings (SSSR count). The molecule has 3 aromatic carbocycles. The van der Waals surface area contributed by atoms with Crippen LogP contribution >= 0.6 is 0 Å². The van der Waals surface area contributed by atoms with Gasteiger partial charge in [0.15, 0.2) is 11.5 Å². The highest BCUT2D eigenvalue weighted by atomic mass is 16.7. The Hall–Kier alpha value is -11.0. The van der Waals surface area contributed by atoms with Crippen LogP contribution in [0.25, 0.3) is 27.5 Å². The highest BCUT2D eigenvalue weighted by molar-refractivity contribution is 6.31. The number of carbonyl (C=O) groups is 8. The molecule has 11 N–H and O–H groups in total. The zero-order valence-corrected chi connectivity index (χ0v) is 67.3. The number of fused-ring (bicyclic) bond motifs is 28. The fraction of sp³-hybridized carbons (Fsp3) is 0.467. The van der Waals surface area contributed by atoms with Gasteiger partial charge in [0.05, 0.1) is 70.3 Å². The maximum Gasteiger partial charge on any atom is 0.312 e. The van der Waals surface area contributed by atoms with Crippen LogP contribution < -0.4 is 25.8 Å². The number of anilines is 2. The average molecular weight is 1620 g/mol. The fourth-order valence-electron chi connectivity index (χ4n) is 14.9. The van der Waals surface area contributed by atoms with Gasteiger partial charge in [-0.1, -0.05) is 135 Å². The van der Waals surface area contributed by atoms with Crippen LogP contribution in [0.4, 0.5) is 11.5 Å². The summed E-state index contributed by atoms with van der Waals surface area (Å²) in [6.45, 7) is 33.2. The number of rotatable bonds is 2. The van der Waals surface area contributed by atoms with E-state index in [0.29, 0.717) is 11.5 Å². The molecule has 10 bridgehead atoms. The number of phenolic OH excluding ortho intramolecular Hbond substituents is 3. The summed E-state index contributed by atoms with van der Waals surface area (Å²) >= 11 is 0. The number of aliphatic hydroxyl groups excluding tert-OH is 4. The molecule has 0 radical (unpaired) electrons. The van der Waals surface area contributed by atoms with Crippen molar-refractivity contribution in [2.24, 2.45) is 59.2 Å². The molecule has 0 unspecified atom stereocenters. The molecule has 2 amide bonds. The first kappa shape index (κ1) is 96.6. The summed E-state index contributed by atoms with van der Waals surface area (Å²) in [6.07, 6.45) is 14.2. The Morgan fingerprint density at radius 1 is 0.538 bits per heavy atom. The van der Waals surface area contributed by atoms with Crippen molar-refractivity contribution in [3.05, 3.63) is 165 Å². The minimum absolute atomic E-state index is 0. The lowest BCUT2D eigenvalue weighted by molar-refractivity contribution is -0.159. The number of benzene rings is 3. The van der Waals surface area contributed by atoms with Gasteiger partial charge in [0, 0.05) is 109 Å². The summed E-state index contributed by atoms with van der Waals surface area (Å²) in [5.41, 5.74) is 7.61. The molecule has 0 spiro atoms. The molecular weight excluding hydrogens is 1500 g/mol. The maximum atomic E-state index is 14.5. The van der Waals surface area contributed by atoms with Crippen LogP contribution in [0.5, 0.6) is 28.7 Å². The van der Waals surface area contributed by atoms with E-state index in [0.717, 1.165) is 17.2 Å². The van der Waals surface area contributed by atoms with E-state index in [1.807, 2.05) is 65.8 Å². The van der Waals surface area contributed by atoms with Crippen molar-refractivity contribution in [2.75, 3.05) is 11.1 Å². The molecular formula is C90H120N6O21. The molecule has 636 valence electrons. The second-order valence-corrected chi connectivity index (χ2v) is 31.1. The number of esters is 2. The molecule has 6 aliphatic heterocycles. The van der Waals surface area contributed by atoms with Gasteiger partial charge in [-0.15, -0.1) is 0 Å². The van der Waals surface area contributed by atoms with Crippen molar-refractivity contribution in [3.8, 4) is 28.7 Å². The molecule has 9 heterocycles. The molecule has 3 aromatic heterocycles. The zero-order valence-electron chi connectivity index (χ0n) is 67.3. The SMILES string of the molecule is C.C.C.C.CC(=O)O[C@H]1[C@H](C)[C@H](O)[C@H](C)[C@@H](O)[C@@H](C)/C=C/C=C(/C)C(=O)NC2=CC(=O)c3c(c(O)c(C)c4c3C(=O)[C@@](C)(O/C=C/[C@H](C)[C@H]1C)O4)C2=O.CC(=O)O[C@H]1[C@H](C)[C@H](O)[C@H](C)[C@@H](O)[C@@H](C)/C=C/C=C(/C)C(=O)Nc2c(O)c3c(O)c(C)c4c(c3c3nc5cc(C)ccn5c23)C(=O)[C@@](C)(O/C=C/[C@H](C)[C@H]1C)O4.Cc1ccnc(N)c1. The van der Waals surface area contributed by atoms with E-state index in [2.05, 4.69) is 15.6 Å². The van der Waals surface area contributed by atoms with Gasteiger partial charge in [0.1, 0.15) is 63.4 Å². The number of imidazole rings is 1. The van der Waals surface area contributed by atoms with Crippen molar-refractivity contribution >= 4 is 85.8 Å². The van der Waals surface area contributed by atoms with Crippen LogP contribution in [0.15, 0.2) is 121 Å². The Morgan fingerprint density at radius 3 is 1.45 bits per heavy atom. The average Bonchev–Trinajstić information content (AvgIpc) is 1.56. The van der Waals surface area contributed by atoms with Crippen LogP contribution in [0, 0.1) is 86.9 Å². The maximum absolute atomic E-state index is 14.5. The molecule has 27 nitrogen and oxygen atoms in total. The number of nitrogen functional groups attached to an aromatic ring is 1. The lowest BCUT2D eigenvalue weighted by Crippen LogP contribution is -2.45. The molecule has 117 heavy (non-hydrogen) atoms. The normalized spacial score (nSPS) is 30.2. The van der Waals surface area contributed by atoms with Crippen molar-refractivity contribution in [1.82, 2.24) is 19.7 Å². The number of aliphatic hydroxyl groups is 4. The number of amides is 2. The topological polar surface area (TPSA) is 414 Å². The number of aryl methyl sites for hydroxylation is 2. The largest absolute Gasteiger partial charge is 0.507 e. The van der Waals surface area contributed by atoms with Crippen molar-refractivity contribution in [2.45, 2.75) is 216 Å². The van der Waals surface area contributed by atoms with Gasteiger partial charge in [-0.05, 0) is 113 Å². The summed E-state index contributed by atoms with van der Waals surface area (Å²) in [6, 6.07) is 7.40. The zero-order chi connectivity index (χ0) is 83.8. The van der Waals surface area contributed by atoms with Gasteiger partial charge in [0.2, 0.25) is 5.78 Å². The first-order chi connectivity index (χ1) is 52.9. The number of carbonyl (C=O) groups excluding carboxylic acids is 8. The third kappa shape index (κ3) is 19.3. The van der Waals surface area contributed by atoms with Crippen LogP contribution in [-0.2, 0) is 38.1 Å². The number of ketones is 4. The number of nitrogens with two attached hydrogens (primary N) is 1. The van der Waals surface area contributed by atoms with Crippen LogP contribution in [0.2, 0.25) is 0 Å². The van der Waals surface area contributed by atoms with E-state index in [9.17, 15) is 74.1 Å². The van der Waals surface area contributed by atoms with Gasteiger partial charge in [-0.3, -0.25) is 42.8 Å². The Morgan fingerprint density at radius 2 is 0.991 bits per heavy atom. The quantitative estimate of drug-likeness (QED) is 0.0568. The number of pyridine rings is 2. The number of hydrogen-bond acceptors (Lipinski definition) is 24. The number of Topliss-reactive ketones (excluding diaryl/α,β-unsaturated/α-hetero) is 3. The number of ether oxygens (including phenoxy) is 6. The van der Waals surface area contributed by atoms with Crippen LogP contribution in [0.1, 0.15) is 204 Å². The van der Waals surface area contributed by atoms with Gasteiger partial charge >= 0.3 is 23.5 Å². The van der Waals surface area contributed by atoms with Gasteiger partial charge in [-0.25, -0.2) is 9.97 Å². The molecule has 1 aliphatic carbocycles. The summed E-state index contributed by atoms with van der Waals surface area (Å²) in [7, 11) is 0. The third-order valence-corrected chi connectivity index (χ3v) is 22.6. The predicted octanol–water partition coefficient (Wildman–Crippen LogP) is 14.5. The molecule has 18 atom stereocenters. The standard InChI is InChI=1S/C43H51N3O10.C37H45NO11.C6H8N2.4CH4/c1-19-14-16-46-28(18-19)44-32-29-30-37(50)26(8)40-31(29)41(52)43(10,56-40)54-17-15-20(2)23(5)39(55-27(9)47)25(7)36(49)24(6)35(48)21(3)12-11-13-22(4)42(53)45-33(34(32)46)38(30)51;1-16-13-14-47-37(9)35(45)28-26-25(40)15-24(32(44)27(26)31(43)22(7)34(28)49-37)38-36(46)18(3)12-10-11-17(2)29(41)20(5)30(42)21(6)33(19(16)4)48-23(8)39;1-5-2-3-8-6(7)4-5;;;;/h11-18,20-21,23-25,35-36,39,48-51H,1-10H3,(H,45,53);10-17,19-21,29-30,33,41-43H,1-9H3,(H,38,46);2-4H,1H3,(H2,7,8);4*1H4/b12-11+,17-15+,22-13-;11-10+,14-13+,18-12-;;;;;/t20-,21-,23+,24+,25+,35-,36+,39+,43-;16-,17-,19+,20+,21+,29-,30+,33+,37-;;;;;/m00...../s1. The number of allylic oxidation sites excluding steroid dienone is 8.